The molecule has 146 valence electrons. The maximum Gasteiger partial charge on any atom is 0.251 e. The van der Waals surface area contributed by atoms with Crippen molar-refractivity contribution in [2.45, 2.75) is 39.2 Å². The van der Waals surface area contributed by atoms with Crippen molar-refractivity contribution in [3.63, 3.8) is 0 Å². The Bertz CT molecular complexity index is 1030. The zero-order valence-corrected chi connectivity index (χ0v) is 16.6. The summed E-state index contributed by atoms with van der Waals surface area (Å²) in [6.45, 7) is 2.34. The molecule has 29 heavy (non-hydrogen) atoms. The lowest BCUT2D eigenvalue weighted by Gasteiger charge is -2.03. The lowest BCUT2D eigenvalue weighted by molar-refractivity contribution is 0.0947. The molecule has 1 heterocycles. The average Bonchev–Trinajstić information content (AvgIpc) is 3.44. The maximum absolute atomic E-state index is 12.4. The molecule has 1 aliphatic carbocycles. The molecule has 0 spiro atoms. The van der Waals surface area contributed by atoms with E-state index >= 15 is 0 Å². The van der Waals surface area contributed by atoms with Crippen molar-refractivity contribution in [2.75, 3.05) is 0 Å². The van der Waals surface area contributed by atoms with Crippen molar-refractivity contribution in [2.24, 2.45) is 5.92 Å². The van der Waals surface area contributed by atoms with E-state index in [1.807, 2.05) is 61.5 Å². The fourth-order valence-electron chi connectivity index (χ4n) is 3.49. The van der Waals surface area contributed by atoms with E-state index in [1.54, 1.807) is 0 Å². The van der Waals surface area contributed by atoms with Crippen LogP contribution in [0.4, 0.5) is 0 Å². The van der Waals surface area contributed by atoms with Crippen LogP contribution in [0.15, 0.2) is 59.1 Å². The van der Waals surface area contributed by atoms with Crippen LogP contribution in [-0.2, 0) is 6.54 Å². The zero-order valence-electron chi connectivity index (χ0n) is 16.6. The number of aryl methyl sites for hydroxylation is 1. The minimum Gasteiger partial charge on any atom is -0.359 e. The third-order valence-corrected chi connectivity index (χ3v) is 5.25. The van der Waals surface area contributed by atoms with Crippen molar-refractivity contribution in [1.82, 2.24) is 10.5 Å². The lowest BCUT2D eigenvalue weighted by atomic mass is 10.1. The first kappa shape index (κ1) is 19.0. The molecule has 1 aliphatic rings. The number of amides is 1. The van der Waals surface area contributed by atoms with Crippen LogP contribution >= 0.6 is 0 Å². The number of carbonyl (C=O) groups excluding carboxylic acids is 1. The Balaban J connectivity index is 1.33. The second-order valence-electron chi connectivity index (χ2n) is 7.56. The van der Waals surface area contributed by atoms with E-state index in [0.717, 1.165) is 16.8 Å². The molecular formula is C25H24N2O2. The third kappa shape index (κ3) is 4.94. The number of hydrogen-bond donors (Lipinski definition) is 1. The SMILES string of the molecule is Cc1ccc(-c2cc(CNC(=O)c3ccc(C#CC4CCCC4)cc3)on2)cc1. The molecule has 0 unspecified atom stereocenters. The zero-order chi connectivity index (χ0) is 20.1. The quantitative estimate of drug-likeness (QED) is 0.635. The van der Waals surface area contributed by atoms with Gasteiger partial charge in [-0.15, -0.1) is 0 Å². The van der Waals surface area contributed by atoms with Gasteiger partial charge in [-0.25, -0.2) is 0 Å². The third-order valence-electron chi connectivity index (χ3n) is 5.25. The highest BCUT2D eigenvalue weighted by Crippen LogP contribution is 2.23. The lowest BCUT2D eigenvalue weighted by Crippen LogP contribution is -2.22. The van der Waals surface area contributed by atoms with Crippen molar-refractivity contribution >= 4 is 5.91 Å². The predicted molar refractivity (Wildman–Crippen MR) is 113 cm³/mol. The molecule has 4 heteroatoms. The van der Waals surface area contributed by atoms with Gasteiger partial charge < -0.3 is 9.84 Å². The summed E-state index contributed by atoms with van der Waals surface area (Å²) in [7, 11) is 0. The first-order chi connectivity index (χ1) is 14.2. The standard InChI is InChI=1S/C25H24N2O2/c1-18-6-12-21(13-7-18)24-16-23(29-27-24)17-26-25(28)22-14-10-20(11-15-22)9-8-19-4-2-3-5-19/h6-7,10-16,19H,2-5,17H2,1H3,(H,26,28). The Morgan fingerprint density at radius 1 is 1.10 bits per heavy atom. The summed E-state index contributed by atoms with van der Waals surface area (Å²) in [6, 6.07) is 17.4. The van der Waals surface area contributed by atoms with Crippen LogP contribution in [0.3, 0.4) is 0 Å². The van der Waals surface area contributed by atoms with E-state index in [1.165, 1.54) is 31.2 Å². The fraction of sp³-hybridized carbons (Fsp3) is 0.280. The highest BCUT2D eigenvalue weighted by molar-refractivity contribution is 5.94. The van der Waals surface area contributed by atoms with E-state index in [0.29, 0.717) is 23.8 Å². The number of benzene rings is 2. The number of aromatic nitrogens is 1. The first-order valence-electron chi connectivity index (χ1n) is 10.1. The van der Waals surface area contributed by atoms with Crippen molar-refractivity contribution < 1.29 is 9.32 Å². The summed E-state index contributed by atoms with van der Waals surface area (Å²) >= 11 is 0. The molecule has 0 atom stereocenters. The van der Waals surface area contributed by atoms with Gasteiger partial charge in [-0.1, -0.05) is 59.7 Å². The summed E-state index contributed by atoms with van der Waals surface area (Å²) in [5, 5.41) is 6.97. The summed E-state index contributed by atoms with van der Waals surface area (Å²) in [6.07, 6.45) is 4.99. The highest BCUT2D eigenvalue weighted by Gasteiger charge is 2.12. The topological polar surface area (TPSA) is 55.1 Å². The second-order valence-corrected chi connectivity index (χ2v) is 7.56. The van der Waals surface area contributed by atoms with E-state index in [4.69, 9.17) is 4.52 Å². The number of nitrogens with one attached hydrogen (secondary N) is 1. The molecule has 1 fully saturated rings. The van der Waals surface area contributed by atoms with Crippen molar-refractivity contribution in [3.8, 4) is 23.1 Å². The van der Waals surface area contributed by atoms with Gasteiger partial charge in [-0.05, 0) is 44.0 Å². The Morgan fingerprint density at radius 2 is 1.83 bits per heavy atom. The first-order valence-corrected chi connectivity index (χ1v) is 10.1. The molecular weight excluding hydrogens is 360 g/mol. The molecule has 0 bridgehead atoms. The van der Waals surface area contributed by atoms with E-state index in [9.17, 15) is 4.79 Å². The molecule has 1 aromatic heterocycles. The molecule has 0 aliphatic heterocycles. The minimum atomic E-state index is -0.145. The van der Waals surface area contributed by atoms with Crippen LogP contribution in [-0.4, -0.2) is 11.1 Å². The molecule has 1 saturated carbocycles. The van der Waals surface area contributed by atoms with Crippen LogP contribution < -0.4 is 5.32 Å². The Kier molecular flexibility index (Phi) is 5.76. The molecule has 3 aromatic rings. The minimum absolute atomic E-state index is 0.145. The summed E-state index contributed by atoms with van der Waals surface area (Å²) in [5.41, 5.74) is 4.51. The second kappa shape index (κ2) is 8.79. The molecule has 4 nitrogen and oxygen atoms in total. The van der Waals surface area contributed by atoms with Gasteiger partial charge in [0, 0.05) is 28.7 Å². The van der Waals surface area contributed by atoms with Gasteiger partial charge in [0.15, 0.2) is 5.76 Å². The highest BCUT2D eigenvalue weighted by atomic mass is 16.5. The van der Waals surface area contributed by atoms with Crippen LogP contribution in [0.25, 0.3) is 11.3 Å². The van der Waals surface area contributed by atoms with Gasteiger partial charge in [0.05, 0.1) is 6.54 Å². The smallest absolute Gasteiger partial charge is 0.251 e. The summed E-state index contributed by atoms with van der Waals surface area (Å²) < 4.78 is 5.35. The molecule has 0 saturated heterocycles. The molecule has 1 amide bonds. The normalized spacial score (nSPS) is 13.7. The van der Waals surface area contributed by atoms with Crippen LogP contribution in [0.5, 0.6) is 0 Å². The fourth-order valence-corrected chi connectivity index (χ4v) is 3.49. The number of carbonyl (C=O) groups is 1. The summed E-state index contributed by atoms with van der Waals surface area (Å²) in [5.74, 6) is 7.58. The average molecular weight is 384 g/mol. The number of rotatable bonds is 4. The molecule has 0 radical (unpaired) electrons. The number of hydrogen-bond acceptors (Lipinski definition) is 3. The van der Waals surface area contributed by atoms with Gasteiger partial charge in [-0.2, -0.15) is 0 Å². The molecule has 4 rings (SSSR count). The monoisotopic (exact) mass is 384 g/mol. The van der Waals surface area contributed by atoms with Crippen LogP contribution in [0.1, 0.15) is 52.9 Å². The van der Waals surface area contributed by atoms with E-state index < -0.39 is 0 Å². The van der Waals surface area contributed by atoms with E-state index in [-0.39, 0.29) is 5.91 Å². The van der Waals surface area contributed by atoms with Gasteiger partial charge in [0.1, 0.15) is 5.69 Å². The van der Waals surface area contributed by atoms with Gasteiger partial charge in [0.2, 0.25) is 0 Å². The van der Waals surface area contributed by atoms with Crippen LogP contribution in [0, 0.1) is 24.7 Å². The largest absolute Gasteiger partial charge is 0.359 e. The summed E-state index contributed by atoms with van der Waals surface area (Å²) in [4.78, 5) is 12.4. The Morgan fingerprint density at radius 3 is 2.55 bits per heavy atom. The number of nitrogens with zero attached hydrogens (tertiary/aromatic N) is 1. The maximum atomic E-state index is 12.4. The van der Waals surface area contributed by atoms with Crippen LogP contribution in [0.2, 0.25) is 0 Å². The van der Waals surface area contributed by atoms with Gasteiger partial charge in [-0.3, -0.25) is 4.79 Å². The van der Waals surface area contributed by atoms with Crippen molar-refractivity contribution in [3.05, 3.63) is 77.0 Å². The Hall–Kier alpha value is -3.32. The van der Waals surface area contributed by atoms with E-state index in [2.05, 4.69) is 22.3 Å². The molecule has 1 N–H and O–H groups in total. The predicted octanol–water partition coefficient (Wildman–Crippen LogP) is 5.12. The van der Waals surface area contributed by atoms with Gasteiger partial charge in [0.25, 0.3) is 5.91 Å². The molecule has 2 aromatic carbocycles. The van der Waals surface area contributed by atoms with Gasteiger partial charge >= 0.3 is 0 Å². The van der Waals surface area contributed by atoms with Crippen molar-refractivity contribution in [1.29, 1.82) is 0 Å². The Labute approximate surface area is 171 Å².